The van der Waals surface area contributed by atoms with Gasteiger partial charge < -0.3 is 5.32 Å². The highest BCUT2D eigenvalue weighted by Crippen LogP contribution is 2.31. The van der Waals surface area contributed by atoms with E-state index in [1.807, 2.05) is 36.4 Å². The lowest BCUT2D eigenvalue weighted by molar-refractivity contribution is -0.116. The van der Waals surface area contributed by atoms with Crippen molar-refractivity contribution in [2.45, 2.75) is 19.3 Å². The highest BCUT2D eigenvalue weighted by Gasteiger charge is 2.20. The Bertz CT molecular complexity index is 1170. The van der Waals surface area contributed by atoms with Gasteiger partial charge in [-0.25, -0.2) is 8.42 Å². The van der Waals surface area contributed by atoms with Gasteiger partial charge >= 0.3 is 0 Å². The molecule has 2 aromatic carbocycles. The molecule has 3 aromatic rings. The molecule has 0 aliphatic heterocycles. The van der Waals surface area contributed by atoms with Crippen LogP contribution in [0.3, 0.4) is 0 Å². The number of hydrogen-bond acceptors (Lipinski definition) is 4. The van der Waals surface area contributed by atoms with Crippen LogP contribution in [-0.2, 0) is 21.2 Å². The van der Waals surface area contributed by atoms with Crippen LogP contribution in [0.5, 0.6) is 0 Å². The van der Waals surface area contributed by atoms with Crippen LogP contribution >= 0.6 is 23.2 Å². The molecule has 0 radical (unpaired) electrons. The maximum atomic E-state index is 12.3. The van der Waals surface area contributed by atoms with Gasteiger partial charge in [-0.05, 0) is 66.4 Å². The lowest BCUT2D eigenvalue weighted by atomic mass is 10.1. The minimum atomic E-state index is -3.59. The number of benzene rings is 2. The molecule has 0 atom stereocenters. The molecule has 6 nitrogen and oxygen atoms in total. The molecule has 0 fully saturated rings. The average Bonchev–Trinajstić information content (AvgIpc) is 2.74. The van der Waals surface area contributed by atoms with Crippen LogP contribution in [0.15, 0.2) is 67.0 Å². The Morgan fingerprint density at radius 2 is 1.66 bits per heavy atom. The Morgan fingerprint density at radius 3 is 2.31 bits per heavy atom. The molecule has 0 spiro atoms. The molecule has 0 unspecified atom stereocenters. The van der Waals surface area contributed by atoms with Crippen LogP contribution in [0.25, 0.3) is 0 Å². The standard InChI is InChI=1S/C23H23Cl2N3O3S/c1-32(30,31)28(22-16-19(24)6-9-21(22)25)14-2-3-23(29)27-20-7-4-17(5-8-20)15-18-10-12-26-13-11-18/h4-13,16H,2-3,14-15H2,1H3,(H,27,29). The van der Waals surface area contributed by atoms with E-state index in [1.165, 1.54) is 10.4 Å². The van der Waals surface area contributed by atoms with Crippen LogP contribution in [0.4, 0.5) is 11.4 Å². The maximum Gasteiger partial charge on any atom is 0.232 e. The van der Waals surface area contributed by atoms with Crippen molar-refractivity contribution in [1.82, 2.24) is 4.98 Å². The van der Waals surface area contributed by atoms with Crippen LogP contribution in [-0.4, -0.2) is 32.1 Å². The number of hydrogen-bond donors (Lipinski definition) is 1. The summed E-state index contributed by atoms with van der Waals surface area (Å²) in [4.78, 5) is 16.4. The van der Waals surface area contributed by atoms with Gasteiger partial charge in [-0.2, -0.15) is 0 Å². The predicted molar refractivity (Wildman–Crippen MR) is 130 cm³/mol. The van der Waals surface area contributed by atoms with E-state index in [1.54, 1.807) is 24.5 Å². The second-order valence-corrected chi connectivity index (χ2v) is 10.1. The highest BCUT2D eigenvalue weighted by molar-refractivity contribution is 7.92. The summed E-state index contributed by atoms with van der Waals surface area (Å²) in [5, 5.41) is 3.49. The number of carbonyl (C=O) groups is 1. The molecule has 0 saturated carbocycles. The number of rotatable bonds is 9. The number of aromatic nitrogens is 1. The molecular formula is C23H23Cl2N3O3S. The Kier molecular flexibility index (Phi) is 8.12. The molecule has 168 valence electrons. The van der Waals surface area contributed by atoms with Crippen LogP contribution in [0.2, 0.25) is 10.0 Å². The van der Waals surface area contributed by atoms with Crippen molar-refractivity contribution in [2.24, 2.45) is 0 Å². The Balaban J connectivity index is 1.55. The van der Waals surface area contributed by atoms with Crippen LogP contribution in [0, 0.1) is 0 Å². The summed E-state index contributed by atoms with van der Waals surface area (Å²) in [6.07, 6.45) is 5.87. The van der Waals surface area contributed by atoms with Gasteiger partial charge in [0, 0.05) is 36.1 Å². The van der Waals surface area contributed by atoms with Crippen molar-refractivity contribution in [3.05, 3.63) is 88.2 Å². The molecule has 1 N–H and O–H groups in total. The quantitative estimate of drug-likeness (QED) is 0.447. The van der Waals surface area contributed by atoms with Crippen molar-refractivity contribution in [3.63, 3.8) is 0 Å². The van der Waals surface area contributed by atoms with Crippen LogP contribution in [0.1, 0.15) is 24.0 Å². The average molecular weight is 492 g/mol. The summed E-state index contributed by atoms with van der Waals surface area (Å²) in [6, 6.07) is 16.2. The minimum absolute atomic E-state index is 0.108. The van der Waals surface area contributed by atoms with Crippen molar-refractivity contribution in [2.75, 3.05) is 22.4 Å². The molecule has 32 heavy (non-hydrogen) atoms. The van der Waals surface area contributed by atoms with E-state index in [-0.39, 0.29) is 23.9 Å². The van der Waals surface area contributed by atoms with E-state index in [0.717, 1.165) is 23.8 Å². The third kappa shape index (κ3) is 6.95. The van der Waals surface area contributed by atoms with E-state index in [2.05, 4.69) is 10.3 Å². The zero-order valence-electron chi connectivity index (χ0n) is 17.5. The van der Waals surface area contributed by atoms with E-state index in [4.69, 9.17) is 23.2 Å². The summed E-state index contributed by atoms with van der Waals surface area (Å²) >= 11 is 12.2. The van der Waals surface area contributed by atoms with Gasteiger partial charge in [0.05, 0.1) is 17.0 Å². The van der Waals surface area contributed by atoms with Crippen LogP contribution < -0.4 is 9.62 Å². The number of amides is 1. The minimum Gasteiger partial charge on any atom is -0.326 e. The highest BCUT2D eigenvalue weighted by atomic mass is 35.5. The molecule has 1 aromatic heterocycles. The largest absolute Gasteiger partial charge is 0.326 e. The second-order valence-electron chi connectivity index (χ2n) is 7.31. The van der Waals surface area contributed by atoms with Gasteiger partial charge in [-0.1, -0.05) is 35.3 Å². The molecule has 0 saturated heterocycles. The fourth-order valence-electron chi connectivity index (χ4n) is 3.19. The summed E-state index contributed by atoms with van der Waals surface area (Å²) in [6.45, 7) is 0.108. The number of nitrogens with zero attached hydrogens (tertiary/aromatic N) is 2. The normalized spacial score (nSPS) is 11.2. The maximum absolute atomic E-state index is 12.3. The molecule has 1 heterocycles. The topological polar surface area (TPSA) is 79.4 Å². The van der Waals surface area contributed by atoms with Gasteiger partial charge in [0.1, 0.15) is 0 Å². The monoisotopic (exact) mass is 491 g/mol. The Morgan fingerprint density at radius 1 is 1.00 bits per heavy atom. The van der Waals surface area contributed by atoms with Gasteiger partial charge in [-0.3, -0.25) is 14.1 Å². The number of carbonyl (C=O) groups excluding carboxylic acids is 1. The number of pyridine rings is 1. The molecule has 1 amide bonds. The fraction of sp³-hybridized carbons (Fsp3) is 0.217. The van der Waals surface area contributed by atoms with E-state index in [9.17, 15) is 13.2 Å². The van der Waals surface area contributed by atoms with Gasteiger partial charge in [0.25, 0.3) is 0 Å². The summed E-state index contributed by atoms with van der Waals surface area (Å²) in [5.41, 5.74) is 3.27. The number of halogens is 2. The third-order valence-corrected chi connectivity index (χ3v) is 6.47. The van der Waals surface area contributed by atoms with E-state index >= 15 is 0 Å². The molecule has 0 aliphatic rings. The lowest BCUT2D eigenvalue weighted by Gasteiger charge is -2.23. The summed E-state index contributed by atoms with van der Waals surface area (Å²) in [7, 11) is -3.59. The zero-order valence-corrected chi connectivity index (χ0v) is 19.8. The third-order valence-electron chi connectivity index (χ3n) is 4.74. The van der Waals surface area contributed by atoms with E-state index < -0.39 is 10.0 Å². The smallest absolute Gasteiger partial charge is 0.232 e. The summed E-state index contributed by atoms with van der Waals surface area (Å²) in [5.74, 6) is -0.197. The number of nitrogens with one attached hydrogen (secondary N) is 1. The molecule has 9 heteroatoms. The number of sulfonamides is 1. The zero-order chi connectivity index (χ0) is 23.1. The van der Waals surface area contributed by atoms with Gasteiger partial charge in [0.15, 0.2) is 0 Å². The SMILES string of the molecule is CS(=O)(=O)N(CCCC(=O)Nc1ccc(Cc2ccncc2)cc1)c1cc(Cl)ccc1Cl. The summed E-state index contributed by atoms with van der Waals surface area (Å²) < 4.78 is 25.7. The first-order chi connectivity index (χ1) is 15.2. The predicted octanol–water partition coefficient (Wildman–Crippen LogP) is 5.16. The van der Waals surface area contributed by atoms with Crippen molar-refractivity contribution in [3.8, 4) is 0 Å². The van der Waals surface area contributed by atoms with Crippen molar-refractivity contribution < 1.29 is 13.2 Å². The molecule has 3 rings (SSSR count). The van der Waals surface area contributed by atoms with Gasteiger partial charge in [-0.15, -0.1) is 0 Å². The first kappa shape index (κ1) is 24.0. The second kappa shape index (κ2) is 10.8. The van der Waals surface area contributed by atoms with Gasteiger partial charge in [0.2, 0.25) is 15.9 Å². The Labute approximate surface area is 198 Å². The molecule has 0 bridgehead atoms. The van der Waals surface area contributed by atoms with Crippen molar-refractivity contribution in [1.29, 1.82) is 0 Å². The molecule has 0 aliphatic carbocycles. The fourth-order valence-corrected chi connectivity index (χ4v) is 4.60. The first-order valence-electron chi connectivity index (χ1n) is 9.93. The molecular weight excluding hydrogens is 469 g/mol. The lowest BCUT2D eigenvalue weighted by Crippen LogP contribution is -2.31. The number of anilines is 2. The Hall–Kier alpha value is -2.61. The van der Waals surface area contributed by atoms with E-state index in [0.29, 0.717) is 22.8 Å². The van der Waals surface area contributed by atoms with Crippen molar-refractivity contribution >= 4 is 50.5 Å². The first-order valence-corrected chi connectivity index (χ1v) is 12.5.